The van der Waals surface area contributed by atoms with Crippen LogP contribution in [0.5, 0.6) is 5.75 Å². The van der Waals surface area contributed by atoms with Crippen molar-refractivity contribution in [2.45, 2.75) is 6.92 Å². The number of methoxy groups -OCH3 is 1. The van der Waals surface area contributed by atoms with Crippen molar-refractivity contribution in [3.8, 4) is 5.75 Å². The Morgan fingerprint density at radius 2 is 1.83 bits per heavy atom. The predicted molar refractivity (Wildman–Crippen MR) is 100 cm³/mol. The molecule has 122 valence electrons. The number of para-hydroxylation sites is 2. The van der Waals surface area contributed by atoms with Crippen molar-refractivity contribution in [2.24, 2.45) is 0 Å². The molecule has 3 aromatic rings. The molecule has 3 rings (SSSR count). The molecule has 0 fully saturated rings. The smallest absolute Gasteiger partial charge is 0.229 e. The van der Waals surface area contributed by atoms with Gasteiger partial charge < -0.3 is 15.4 Å². The molecule has 0 spiro atoms. The van der Waals surface area contributed by atoms with Crippen molar-refractivity contribution in [1.82, 2.24) is 9.97 Å². The molecule has 0 radical (unpaired) electrons. The number of halogens is 1. The van der Waals surface area contributed by atoms with Crippen molar-refractivity contribution < 1.29 is 4.74 Å². The van der Waals surface area contributed by atoms with Gasteiger partial charge in [0, 0.05) is 16.4 Å². The molecule has 0 atom stereocenters. The standard InChI is InChI=1S/C18H17BrN4O/c1-12-11-13(19)7-8-14(12)21-17-9-10-20-18(23-17)22-15-5-3-4-6-16(15)24-2/h3-11H,1-2H3,(H2,20,21,22,23). The monoisotopic (exact) mass is 384 g/mol. The van der Waals surface area contributed by atoms with E-state index in [0.29, 0.717) is 11.8 Å². The summed E-state index contributed by atoms with van der Waals surface area (Å²) in [5.74, 6) is 1.95. The van der Waals surface area contributed by atoms with Crippen LogP contribution in [-0.2, 0) is 0 Å². The third-order valence-electron chi connectivity index (χ3n) is 3.46. The number of hydrogen-bond acceptors (Lipinski definition) is 5. The highest BCUT2D eigenvalue weighted by atomic mass is 79.9. The van der Waals surface area contributed by atoms with E-state index in [1.807, 2.05) is 49.4 Å². The number of nitrogens with zero attached hydrogens (tertiary/aromatic N) is 2. The molecule has 0 unspecified atom stereocenters. The van der Waals surface area contributed by atoms with Crippen LogP contribution in [0, 0.1) is 6.92 Å². The maximum Gasteiger partial charge on any atom is 0.229 e. The summed E-state index contributed by atoms with van der Waals surface area (Å²) in [5.41, 5.74) is 2.94. The molecule has 0 aliphatic carbocycles. The van der Waals surface area contributed by atoms with E-state index in [1.165, 1.54) is 0 Å². The van der Waals surface area contributed by atoms with Gasteiger partial charge in [-0.05, 0) is 48.9 Å². The van der Waals surface area contributed by atoms with Crippen LogP contribution in [0.2, 0.25) is 0 Å². The summed E-state index contributed by atoms with van der Waals surface area (Å²) in [7, 11) is 1.63. The van der Waals surface area contributed by atoms with E-state index in [2.05, 4.69) is 42.6 Å². The van der Waals surface area contributed by atoms with Crippen LogP contribution >= 0.6 is 15.9 Å². The van der Waals surface area contributed by atoms with Crippen molar-refractivity contribution in [3.63, 3.8) is 0 Å². The Bertz CT molecular complexity index is 854. The minimum absolute atomic E-state index is 0.499. The van der Waals surface area contributed by atoms with Crippen molar-refractivity contribution in [3.05, 3.63) is 64.8 Å². The maximum atomic E-state index is 5.33. The zero-order valence-electron chi connectivity index (χ0n) is 13.4. The van der Waals surface area contributed by atoms with Gasteiger partial charge in [0.2, 0.25) is 5.95 Å². The van der Waals surface area contributed by atoms with E-state index in [9.17, 15) is 0 Å². The maximum absolute atomic E-state index is 5.33. The van der Waals surface area contributed by atoms with E-state index >= 15 is 0 Å². The molecule has 0 bridgehead atoms. The molecule has 24 heavy (non-hydrogen) atoms. The predicted octanol–water partition coefficient (Wildman–Crippen LogP) is 5.04. The SMILES string of the molecule is COc1ccccc1Nc1nccc(Nc2ccc(Br)cc2C)n1. The highest BCUT2D eigenvalue weighted by Crippen LogP contribution is 2.27. The first kappa shape index (κ1) is 16.3. The van der Waals surface area contributed by atoms with Gasteiger partial charge in [-0.25, -0.2) is 4.98 Å². The van der Waals surface area contributed by atoms with Crippen LogP contribution in [0.4, 0.5) is 23.1 Å². The summed E-state index contributed by atoms with van der Waals surface area (Å²) in [6, 6.07) is 15.5. The summed E-state index contributed by atoms with van der Waals surface area (Å²) in [4.78, 5) is 8.76. The molecule has 0 saturated heterocycles. The quantitative estimate of drug-likeness (QED) is 0.644. The van der Waals surface area contributed by atoms with Crippen LogP contribution < -0.4 is 15.4 Å². The number of hydrogen-bond donors (Lipinski definition) is 2. The first-order valence-electron chi connectivity index (χ1n) is 7.42. The number of aryl methyl sites for hydroxylation is 1. The average molecular weight is 385 g/mol. The zero-order chi connectivity index (χ0) is 16.9. The van der Waals surface area contributed by atoms with Gasteiger partial charge in [-0.2, -0.15) is 4.98 Å². The lowest BCUT2D eigenvalue weighted by Gasteiger charge is -2.12. The van der Waals surface area contributed by atoms with E-state index in [4.69, 9.17) is 4.74 Å². The first-order valence-corrected chi connectivity index (χ1v) is 8.21. The Morgan fingerprint density at radius 1 is 1.00 bits per heavy atom. The van der Waals surface area contributed by atoms with Gasteiger partial charge >= 0.3 is 0 Å². The summed E-state index contributed by atoms with van der Waals surface area (Å²) >= 11 is 3.47. The minimum Gasteiger partial charge on any atom is -0.495 e. The van der Waals surface area contributed by atoms with Crippen LogP contribution in [0.25, 0.3) is 0 Å². The molecule has 1 heterocycles. The second-order valence-electron chi connectivity index (χ2n) is 5.18. The van der Waals surface area contributed by atoms with Crippen LogP contribution in [0.15, 0.2) is 59.2 Å². The first-order chi connectivity index (χ1) is 11.7. The molecule has 0 aliphatic rings. The lowest BCUT2D eigenvalue weighted by atomic mass is 10.2. The van der Waals surface area contributed by atoms with Crippen LogP contribution in [0.1, 0.15) is 5.56 Å². The van der Waals surface area contributed by atoms with Gasteiger partial charge in [-0.1, -0.05) is 28.1 Å². The largest absolute Gasteiger partial charge is 0.495 e. The Hall–Kier alpha value is -2.60. The zero-order valence-corrected chi connectivity index (χ0v) is 15.0. The number of benzene rings is 2. The van der Waals surface area contributed by atoms with E-state index in [-0.39, 0.29) is 0 Å². The molecule has 2 N–H and O–H groups in total. The third-order valence-corrected chi connectivity index (χ3v) is 3.95. The Kier molecular flexibility index (Phi) is 4.96. The fourth-order valence-electron chi connectivity index (χ4n) is 2.26. The number of aromatic nitrogens is 2. The summed E-state index contributed by atoms with van der Waals surface area (Å²) < 4.78 is 6.38. The van der Waals surface area contributed by atoms with Crippen LogP contribution in [-0.4, -0.2) is 17.1 Å². The Balaban J connectivity index is 1.81. The number of ether oxygens (including phenoxy) is 1. The molecular weight excluding hydrogens is 368 g/mol. The van der Waals surface area contributed by atoms with E-state index in [1.54, 1.807) is 13.3 Å². The third kappa shape index (κ3) is 3.83. The van der Waals surface area contributed by atoms with E-state index < -0.39 is 0 Å². The van der Waals surface area contributed by atoms with Gasteiger partial charge in [0.15, 0.2) is 0 Å². The van der Waals surface area contributed by atoms with Crippen molar-refractivity contribution >= 4 is 39.1 Å². The molecule has 6 heteroatoms. The molecule has 0 saturated carbocycles. The Morgan fingerprint density at radius 3 is 2.62 bits per heavy atom. The van der Waals surface area contributed by atoms with Gasteiger partial charge in [0.25, 0.3) is 0 Å². The molecule has 1 aromatic heterocycles. The lowest BCUT2D eigenvalue weighted by Crippen LogP contribution is -2.02. The van der Waals surface area contributed by atoms with Gasteiger partial charge in [0.1, 0.15) is 11.6 Å². The average Bonchev–Trinajstić information content (AvgIpc) is 2.58. The van der Waals surface area contributed by atoms with Gasteiger partial charge in [0.05, 0.1) is 12.8 Å². The van der Waals surface area contributed by atoms with Crippen LogP contribution in [0.3, 0.4) is 0 Å². The summed E-state index contributed by atoms with van der Waals surface area (Å²) in [5, 5.41) is 6.49. The van der Waals surface area contributed by atoms with Gasteiger partial charge in [-0.15, -0.1) is 0 Å². The number of rotatable bonds is 5. The fraction of sp³-hybridized carbons (Fsp3) is 0.111. The van der Waals surface area contributed by atoms with Gasteiger partial charge in [-0.3, -0.25) is 0 Å². The fourth-order valence-corrected chi connectivity index (χ4v) is 2.74. The topological polar surface area (TPSA) is 59.1 Å². The normalized spacial score (nSPS) is 10.3. The lowest BCUT2D eigenvalue weighted by molar-refractivity contribution is 0.417. The van der Waals surface area contributed by atoms with Crippen molar-refractivity contribution in [2.75, 3.05) is 17.7 Å². The summed E-state index contributed by atoms with van der Waals surface area (Å²) in [6.07, 6.45) is 1.71. The molecule has 0 aliphatic heterocycles. The number of nitrogens with one attached hydrogen (secondary N) is 2. The minimum atomic E-state index is 0.499. The second kappa shape index (κ2) is 7.31. The molecule has 0 amide bonds. The number of anilines is 4. The van der Waals surface area contributed by atoms with E-state index in [0.717, 1.165) is 27.2 Å². The highest BCUT2D eigenvalue weighted by molar-refractivity contribution is 9.10. The summed E-state index contributed by atoms with van der Waals surface area (Å²) in [6.45, 7) is 2.04. The highest BCUT2D eigenvalue weighted by Gasteiger charge is 2.06. The molecule has 2 aromatic carbocycles. The Labute approximate surface area is 149 Å². The van der Waals surface area contributed by atoms with Crippen molar-refractivity contribution in [1.29, 1.82) is 0 Å². The molecular formula is C18H17BrN4O. The molecule has 5 nitrogen and oxygen atoms in total. The second-order valence-corrected chi connectivity index (χ2v) is 6.09.